The molecule has 7 heteroatoms. The Hall–Kier alpha value is -2.54. The molecule has 0 spiro atoms. The number of hydrogen-bond donors (Lipinski definition) is 1. The Morgan fingerprint density at radius 3 is 2.55 bits per heavy atom. The smallest absolute Gasteiger partial charge is 0.206 e. The van der Waals surface area contributed by atoms with E-state index in [2.05, 4.69) is 10.5 Å². The summed E-state index contributed by atoms with van der Waals surface area (Å²) in [5, 5.41) is 3.90. The van der Waals surface area contributed by atoms with Gasteiger partial charge in [0.15, 0.2) is 0 Å². The van der Waals surface area contributed by atoms with Crippen LogP contribution in [0.2, 0.25) is 0 Å². The summed E-state index contributed by atoms with van der Waals surface area (Å²) in [6.07, 6.45) is 1.66. The average Bonchev–Trinajstić information content (AvgIpc) is 3.09. The molecule has 0 saturated carbocycles. The summed E-state index contributed by atoms with van der Waals surface area (Å²) in [7, 11) is -2.05. The van der Waals surface area contributed by atoms with Gasteiger partial charge in [-0.05, 0) is 42.5 Å². The lowest BCUT2D eigenvalue weighted by molar-refractivity contribution is 0.413. The van der Waals surface area contributed by atoms with E-state index in [-0.39, 0.29) is 9.79 Å². The maximum absolute atomic E-state index is 12.6. The molecule has 3 rings (SSSR count). The van der Waals surface area contributed by atoms with Crippen LogP contribution < -0.4 is 15.1 Å². The molecular weight excluding hydrogens is 302 g/mol. The van der Waals surface area contributed by atoms with Gasteiger partial charge in [0, 0.05) is 5.69 Å². The number of sulfone groups is 1. The van der Waals surface area contributed by atoms with Gasteiger partial charge in [0.1, 0.15) is 18.8 Å². The highest BCUT2D eigenvalue weighted by molar-refractivity contribution is 7.91. The monoisotopic (exact) mass is 317 g/mol. The molecule has 2 aromatic rings. The zero-order valence-electron chi connectivity index (χ0n) is 11.9. The average molecular weight is 317 g/mol. The first-order valence-corrected chi connectivity index (χ1v) is 8.11. The number of anilines is 1. The molecule has 0 atom stereocenters. The van der Waals surface area contributed by atoms with Crippen molar-refractivity contribution in [1.82, 2.24) is 5.43 Å². The van der Waals surface area contributed by atoms with Crippen molar-refractivity contribution in [3.05, 3.63) is 48.5 Å². The Morgan fingerprint density at radius 2 is 1.91 bits per heavy atom. The standard InChI is InChI=1S/C15H15N3O3S/c1-21-13-3-2-4-15(9-13)22(19,20)14-7-5-12(6-8-14)18-10-16-17-11-18/h2-10,17H,11H2,1H3. The summed E-state index contributed by atoms with van der Waals surface area (Å²) in [4.78, 5) is 2.33. The molecule has 0 fully saturated rings. The molecule has 0 amide bonds. The van der Waals surface area contributed by atoms with Crippen molar-refractivity contribution in [3.63, 3.8) is 0 Å². The van der Waals surface area contributed by atoms with E-state index in [1.54, 1.807) is 48.8 Å². The van der Waals surface area contributed by atoms with E-state index in [0.717, 1.165) is 5.69 Å². The van der Waals surface area contributed by atoms with Crippen LogP contribution in [-0.4, -0.2) is 28.5 Å². The zero-order valence-corrected chi connectivity index (χ0v) is 12.7. The van der Waals surface area contributed by atoms with Crippen LogP contribution in [0.25, 0.3) is 0 Å². The molecule has 1 aliphatic heterocycles. The number of rotatable bonds is 4. The molecule has 114 valence electrons. The van der Waals surface area contributed by atoms with Crippen molar-refractivity contribution < 1.29 is 13.2 Å². The lowest BCUT2D eigenvalue weighted by Crippen LogP contribution is -2.22. The molecule has 0 radical (unpaired) electrons. The molecular formula is C15H15N3O3S. The van der Waals surface area contributed by atoms with E-state index in [4.69, 9.17) is 4.74 Å². The van der Waals surface area contributed by atoms with Gasteiger partial charge in [-0.2, -0.15) is 5.10 Å². The SMILES string of the molecule is COc1cccc(S(=O)(=O)c2ccc(N3C=NNC3)cc2)c1. The highest BCUT2D eigenvalue weighted by Gasteiger charge is 2.18. The first-order valence-electron chi connectivity index (χ1n) is 6.63. The van der Waals surface area contributed by atoms with E-state index < -0.39 is 9.84 Å². The van der Waals surface area contributed by atoms with E-state index in [1.807, 2.05) is 4.90 Å². The third kappa shape index (κ3) is 2.62. The Labute approximate surface area is 128 Å². The number of methoxy groups -OCH3 is 1. The molecule has 2 aromatic carbocycles. The summed E-state index contributed by atoms with van der Waals surface area (Å²) in [6.45, 7) is 0.571. The van der Waals surface area contributed by atoms with E-state index >= 15 is 0 Å². The van der Waals surface area contributed by atoms with Crippen LogP contribution in [0.4, 0.5) is 5.69 Å². The molecule has 1 N–H and O–H groups in total. The number of ether oxygens (including phenoxy) is 1. The molecule has 22 heavy (non-hydrogen) atoms. The first-order chi connectivity index (χ1) is 10.6. The molecule has 1 aliphatic rings. The molecule has 1 heterocycles. The van der Waals surface area contributed by atoms with Gasteiger partial charge in [-0.25, -0.2) is 8.42 Å². The molecule has 0 aliphatic carbocycles. The number of nitrogens with one attached hydrogen (secondary N) is 1. The van der Waals surface area contributed by atoms with Gasteiger partial charge in [-0.3, -0.25) is 5.43 Å². The predicted octanol–water partition coefficient (Wildman–Crippen LogP) is 1.84. The maximum Gasteiger partial charge on any atom is 0.206 e. The molecule has 6 nitrogen and oxygen atoms in total. The summed E-state index contributed by atoms with van der Waals surface area (Å²) in [5.74, 6) is 0.511. The minimum Gasteiger partial charge on any atom is -0.497 e. The quantitative estimate of drug-likeness (QED) is 0.931. The first kappa shape index (κ1) is 14.4. The predicted molar refractivity (Wildman–Crippen MR) is 83.9 cm³/mol. The topological polar surface area (TPSA) is 71.0 Å². The Balaban J connectivity index is 1.93. The minimum absolute atomic E-state index is 0.212. The number of benzene rings is 2. The van der Waals surface area contributed by atoms with Crippen LogP contribution in [-0.2, 0) is 9.84 Å². The second-order valence-corrected chi connectivity index (χ2v) is 6.66. The fourth-order valence-electron chi connectivity index (χ4n) is 2.15. The van der Waals surface area contributed by atoms with Crippen molar-refractivity contribution in [2.75, 3.05) is 18.7 Å². The van der Waals surface area contributed by atoms with Gasteiger partial charge in [-0.1, -0.05) is 6.07 Å². The van der Waals surface area contributed by atoms with E-state index in [0.29, 0.717) is 12.4 Å². The van der Waals surface area contributed by atoms with Crippen molar-refractivity contribution in [3.8, 4) is 5.75 Å². The molecule has 0 unspecified atom stereocenters. The maximum atomic E-state index is 12.6. The molecule has 0 aromatic heterocycles. The Bertz CT molecular complexity index is 801. The van der Waals surface area contributed by atoms with E-state index in [1.165, 1.54) is 13.2 Å². The summed E-state index contributed by atoms with van der Waals surface area (Å²) >= 11 is 0. The normalized spacial score (nSPS) is 14.0. The zero-order chi connectivity index (χ0) is 15.6. The largest absolute Gasteiger partial charge is 0.497 e. The third-order valence-electron chi connectivity index (χ3n) is 3.36. The van der Waals surface area contributed by atoms with Gasteiger partial charge in [0.2, 0.25) is 9.84 Å². The van der Waals surface area contributed by atoms with E-state index in [9.17, 15) is 8.42 Å². The second kappa shape index (κ2) is 5.69. The lowest BCUT2D eigenvalue weighted by Gasteiger charge is -2.13. The fraction of sp³-hybridized carbons (Fsp3) is 0.133. The fourth-order valence-corrected chi connectivity index (χ4v) is 3.44. The van der Waals surface area contributed by atoms with Gasteiger partial charge in [0.25, 0.3) is 0 Å². The Morgan fingerprint density at radius 1 is 1.14 bits per heavy atom. The van der Waals surface area contributed by atoms with Gasteiger partial charge < -0.3 is 9.64 Å². The number of hydrogen-bond acceptors (Lipinski definition) is 6. The van der Waals surface area contributed by atoms with Crippen LogP contribution in [0.15, 0.2) is 63.4 Å². The van der Waals surface area contributed by atoms with Gasteiger partial charge in [0.05, 0.1) is 16.9 Å². The molecule has 0 bridgehead atoms. The van der Waals surface area contributed by atoms with Crippen LogP contribution in [0, 0.1) is 0 Å². The summed E-state index contributed by atoms with van der Waals surface area (Å²) < 4.78 is 30.3. The highest BCUT2D eigenvalue weighted by Crippen LogP contribution is 2.26. The second-order valence-electron chi connectivity index (χ2n) is 4.71. The van der Waals surface area contributed by atoms with Crippen molar-refractivity contribution in [2.45, 2.75) is 9.79 Å². The minimum atomic E-state index is -3.56. The Kier molecular flexibility index (Phi) is 3.72. The molecule has 0 saturated heterocycles. The van der Waals surface area contributed by atoms with Gasteiger partial charge >= 0.3 is 0 Å². The summed E-state index contributed by atoms with van der Waals surface area (Å²) in [6, 6.07) is 13.1. The number of nitrogens with zero attached hydrogens (tertiary/aromatic N) is 2. The van der Waals surface area contributed by atoms with Crippen LogP contribution in [0.1, 0.15) is 0 Å². The lowest BCUT2D eigenvalue weighted by atomic mass is 10.3. The van der Waals surface area contributed by atoms with Crippen LogP contribution in [0.5, 0.6) is 5.75 Å². The van der Waals surface area contributed by atoms with Gasteiger partial charge in [-0.15, -0.1) is 0 Å². The van der Waals surface area contributed by atoms with Crippen molar-refractivity contribution >= 4 is 21.9 Å². The van der Waals surface area contributed by atoms with Crippen molar-refractivity contribution in [1.29, 1.82) is 0 Å². The number of hydrazone groups is 1. The highest BCUT2D eigenvalue weighted by atomic mass is 32.2. The summed E-state index contributed by atoms with van der Waals surface area (Å²) in [5.41, 5.74) is 3.69. The van der Waals surface area contributed by atoms with Crippen LogP contribution >= 0.6 is 0 Å². The third-order valence-corrected chi connectivity index (χ3v) is 5.13. The van der Waals surface area contributed by atoms with Crippen molar-refractivity contribution in [2.24, 2.45) is 5.10 Å². The van der Waals surface area contributed by atoms with Crippen LogP contribution in [0.3, 0.4) is 0 Å².